The smallest absolute Gasteiger partial charge is 0.229 e. The van der Waals surface area contributed by atoms with Crippen LogP contribution in [-0.2, 0) is 0 Å². The van der Waals surface area contributed by atoms with Crippen molar-refractivity contribution in [3.05, 3.63) is 66.4 Å². The number of aromatic nitrogens is 2. The van der Waals surface area contributed by atoms with Crippen molar-refractivity contribution in [2.24, 2.45) is 0 Å². The zero-order valence-corrected chi connectivity index (χ0v) is 13.4. The summed E-state index contributed by atoms with van der Waals surface area (Å²) in [5.74, 6) is 1.11. The topological polar surface area (TPSA) is 75.9 Å². The molecule has 0 saturated carbocycles. The largest absolute Gasteiger partial charge is 1.00 e. The molecule has 1 heterocycles. The lowest BCUT2D eigenvalue weighted by molar-refractivity contribution is -0.00000465. The van der Waals surface area contributed by atoms with Crippen LogP contribution >= 0.6 is 0 Å². The summed E-state index contributed by atoms with van der Waals surface area (Å²) in [6.45, 7) is 1.86. The molecule has 0 spiro atoms. The number of anilines is 5. The second-order valence-corrected chi connectivity index (χ2v) is 4.88. The van der Waals surface area contributed by atoms with Crippen LogP contribution in [0.4, 0.5) is 28.8 Å². The molecule has 118 valence electrons. The molecule has 3 aromatic rings. The average Bonchev–Trinajstić information content (AvgIpc) is 2.54. The average molecular weight is 327 g/mol. The molecular formula is C17H17ClN5-. The van der Waals surface area contributed by atoms with Crippen LogP contribution in [0.1, 0.15) is 5.69 Å². The number of nitrogens with zero attached hydrogens (tertiary/aromatic N) is 2. The van der Waals surface area contributed by atoms with Crippen molar-refractivity contribution in [1.82, 2.24) is 9.97 Å². The van der Waals surface area contributed by atoms with Crippen LogP contribution in [-0.4, -0.2) is 9.97 Å². The first-order chi connectivity index (χ1) is 10.7. The van der Waals surface area contributed by atoms with Crippen molar-refractivity contribution in [1.29, 1.82) is 0 Å². The van der Waals surface area contributed by atoms with E-state index < -0.39 is 0 Å². The number of nitrogens with two attached hydrogens (primary N) is 1. The Hall–Kier alpha value is -2.79. The maximum atomic E-state index is 6.08. The van der Waals surface area contributed by atoms with E-state index in [1.54, 1.807) is 0 Å². The van der Waals surface area contributed by atoms with Gasteiger partial charge in [-0.15, -0.1) is 0 Å². The standard InChI is InChI=1S/C17H17N5.ClH/c1-12-15(18)16(20-13-8-4-2-5-9-13)22-17(19-12)21-14-10-6-3-7-11-14;/h2-11H,18H2,1H3,(H2,19,20,21,22);1H/p-1. The summed E-state index contributed by atoms with van der Waals surface area (Å²) in [5.41, 5.74) is 9.21. The number of hydrogen-bond acceptors (Lipinski definition) is 5. The molecule has 3 rings (SSSR count). The predicted molar refractivity (Wildman–Crippen MR) is 90.6 cm³/mol. The van der Waals surface area contributed by atoms with Gasteiger partial charge in [0.25, 0.3) is 0 Å². The molecule has 0 aliphatic carbocycles. The molecule has 0 aliphatic heterocycles. The quantitative estimate of drug-likeness (QED) is 0.663. The highest BCUT2D eigenvalue weighted by atomic mass is 35.5. The van der Waals surface area contributed by atoms with Crippen molar-refractivity contribution < 1.29 is 12.4 Å². The Balaban J connectivity index is 0.00000192. The fraction of sp³-hybridized carbons (Fsp3) is 0.0588. The van der Waals surface area contributed by atoms with E-state index in [9.17, 15) is 0 Å². The van der Waals surface area contributed by atoms with Gasteiger partial charge < -0.3 is 28.8 Å². The van der Waals surface area contributed by atoms with E-state index in [4.69, 9.17) is 5.73 Å². The van der Waals surface area contributed by atoms with E-state index in [0.717, 1.165) is 17.1 Å². The van der Waals surface area contributed by atoms with E-state index in [0.29, 0.717) is 17.5 Å². The van der Waals surface area contributed by atoms with Gasteiger partial charge in [0.05, 0.1) is 11.4 Å². The van der Waals surface area contributed by atoms with E-state index in [2.05, 4.69) is 20.6 Å². The summed E-state index contributed by atoms with van der Waals surface area (Å²) in [7, 11) is 0. The molecule has 0 aliphatic rings. The summed E-state index contributed by atoms with van der Waals surface area (Å²) in [4.78, 5) is 8.85. The molecule has 0 radical (unpaired) electrons. The lowest BCUT2D eigenvalue weighted by atomic mass is 10.3. The molecule has 0 saturated heterocycles. The minimum absolute atomic E-state index is 0. The van der Waals surface area contributed by atoms with Crippen LogP contribution in [0, 0.1) is 6.92 Å². The summed E-state index contributed by atoms with van der Waals surface area (Å²) >= 11 is 0. The third kappa shape index (κ3) is 4.11. The van der Waals surface area contributed by atoms with Crippen LogP contribution in [0.2, 0.25) is 0 Å². The SMILES string of the molecule is Cc1nc(Nc2ccccc2)nc(Nc2ccccc2)c1N.[Cl-]. The molecule has 5 nitrogen and oxygen atoms in total. The minimum atomic E-state index is 0. The van der Waals surface area contributed by atoms with Gasteiger partial charge >= 0.3 is 0 Å². The zero-order valence-electron chi connectivity index (χ0n) is 12.6. The summed E-state index contributed by atoms with van der Waals surface area (Å²) in [6.07, 6.45) is 0. The van der Waals surface area contributed by atoms with Gasteiger partial charge in [-0.3, -0.25) is 0 Å². The van der Waals surface area contributed by atoms with Crippen LogP contribution in [0.5, 0.6) is 0 Å². The van der Waals surface area contributed by atoms with Crippen molar-refractivity contribution >= 4 is 28.8 Å². The first-order valence-electron chi connectivity index (χ1n) is 7.00. The van der Waals surface area contributed by atoms with Gasteiger partial charge in [0.2, 0.25) is 5.95 Å². The number of para-hydroxylation sites is 2. The number of aryl methyl sites for hydroxylation is 1. The molecule has 0 bridgehead atoms. The minimum Gasteiger partial charge on any atom is -1.00 e. The first kappa shape index (κ1) is 16.6. The molecule has 1 aromatic heterocycles. The van der Waals surface area contributed by atoms with E-state index >= 15 is 0 Å². The molecule has 0 amide bonds. The Kier molecular flexibility index (Phi) is 5.38. The molecular weight excluding hydrogens is 310 g/mol. The van der Waals surface area contributed by atoms with Gasteiger partial charge in [0.1, 0.15) is 0 Å². The van der Waals surface area contributed by atoms with E-state index in [1.165, 1.54) is 0 Å². The predicted octanol–water partition coefficient (Wildman–Crippen LogP) is 0.858. The summed E-state index contributed by atoms with van der Waals surface area (Å²) < 4.78 is 0. The van der Waals surface area contributed by atoms with Gasteiger partial charge in [-0.1, -0.05) is 36.4 Å². The normalized spacial score (nSPS) is 9.78. The first-order valence-corrected chi connectivity index (χ1v) is 7.00. The van der Waals surface area contributed by atoms with Crippen molar-refractivity contribution in [2.45, 2.75) is 6.92 Å². The molecule has 6 heteroatoms. The summed E-state index contributed by atoms with van der Waals surface area (Å²) in [5, 5.41) is 6.40. The lowest BCUT2D eigenvalue weighted by Crippen LogP contribution is -3.00. The van der Waals surface area contributed by atoms with Gasteiger partial charge in [0, 0.05) is 11.4 Å². The maximum Gasteiger partial charge on any atom is 0.229 e. The number of nitrogens with one attached hydrogen (secondary N) is 2. The highest BCUT2D eigenvalue weighted by molar-refractivity contribution is 5.72. The number of rotatable bonds is 4. The molecule has 4 N–H and O–H groups in total. The van der Waals surface area contributed by atoms with E-state index in [1.807, 2.05) is 67.6 Å². The van der Waals surface area contributed by atoms with E-state index in [-0.39, 0.29) is 12.4 Å². The molecule has 0 atom stereocenters. The Morgan fingerprint density at radius 2 is 1.30 bits per heavy atom. The van der Waals surface area contributed by atoms with Crippen LogP contribution < -0.4 is 28.8 Å². The number of nitrogen functional groups attached to an aromatic ring is 1. The van der Waals surface area contributed by atoms with Gasteiger partial charge in [-0.25, -0.2) is 4.98 Å². The lowest BCUT2D eigenvalue weighted by Gasteiger charge is -2.13. The number of halogens is 1. The number of hydrogen-bond donors (Lipinski definition) is 3. The van der Waals surface area contributed by atoms with Crippen LogP contribution in [0.15, 0.2) is 60.7 Å². The monoisotopic (exact) mass is 326 g/mol. The number of benzene rings is 2. The van der Waals surface area contributed by atoms with Crippen molar-refractivity contribution in [2.75, 3.05) is 16.4 Å². The molecule has 23 heavy (non-hydrogen) atoms. The van der Waals surface area contributed by atoms with Crippen LogP contribution in [0.25, 0.3) is 0 Å². The highest BCUT2D eigenvalue weighted by Crippen LogP contribution is 2.25. The Morgan fingerprint density at radius 1 is 0.783 bits per heavy atom. The Morgan fingerprint density at radius 3 is 1.87 bits per heavy atom. The second-order valence-electron chi connectivity index (χ2n) is 4.88. The van der Waals surface area contributed by atoms with Crippen LogP contribution in [0.3, 0.4) is 0 Å². The third-order valence-electron chi connectivity index (χ3n) is 3.20. The molecule has 0 fully saturated rings. The fourth-order valence-corrected chi connectivity index (χ4v) is 2.04. The molecule has 2 aromatic carbocycles. The summed E-state index contributed by atoms with van der Waals surface area (Å²) in [6, 6.07) is 19.6. The fourth-order valence-electron chi connectivity index (χ4n) is 2.04. The zero-order chi connectivity index (χ0) is 15.4. The van der Waals surface area contributed by atoms with Crippen molar-refractivity contribution in [3.63, 3.8) is 0 Å². The maximum absolute atomic E-state index is 6.08. The van der Waals surface area contributed by atoms with Crippen molar-refractivity contribution in [3.8, 4) is 0 Å². The second kappa shape index (κ2) is 7.47. The highest BCUT2D eigenvalue weighted by Gasteiger charge is 2.09. The Labute approximate surface area is 141 Å². The van der Waals surface area contributed by atoms with Gasteiger partial charge in [0.15, 0.2) is 5.82 Å². The molecule has 0 unspecified atom stereocenters. The third-order valence-corrected chi connectivity index (χ3v) is 3.20. The van der Waals surface area contributed by atoms with Gasteiger partial charge in [-0.2, -0.15) is 4.98 Å². The Bertz CT molecular complexity index is 763. The van der Waals surface area contributed by atoms with Gasteiger partial charge in [-0.05, 0) is 31.2 Å².